The lowest BCUT2D eigenvalue weighted by molar-refractivity contribution is 0.412. The first kappa shape index (κ1) is 9.26. The van der Waals surface area contributed by atoms with Crippen molar-refractivity contribution >= 4 is 5.57 Å². The maximum atomic E-state index is 3.80. The highest BCUT2D eigenvalue weighted by Gasteiger charge is 2.30. The average Bonchev–Trinajstić information content (AvgIpc) is 2.16. The summed E-state index contributed by atoms with van der Waals surface area (Å²) in [6.45, 7) is 6.09. The third kappa shape index (κ3) is 1.65. The Labute approximate surface area is 86.0 Å². The highest BCUT2D eigenvalue weighted by atomic mass is 14.3. The van der Waals surface area contributed by atoms with Crippen LogP contribution in [0.2, 0.25) is 0 Å². The van der Waals surface area contributed by atoms with E-state index in [0.717, 1.165) is 6.42 Å². The van der Waals surface area contributed by atoms with Crippen molar-refractivity contribution in [3.05, 3.63) is 54.6 Å². The molecule has 1 atom stereocenters. The van der Waals surface area contributed by atoms with Crippen LogP contribution in [0.1, 0.15) is 25.3 Å². The van der Waals surface area contributed by atoms with Gasteiger partial charge < -0.3 is 0 Å². The molecule has 1 aromatic rings. The average molecular weight is 184 g/mol. The minimum absolute atomic E-state index is 0.368. The van der Waals surface area contributed by atoms with Crippen LogP contribution >= 0.6 is 0 Å². The molecular weight excluding hydrogens is 168 g/mol. The zero-order chi connectivity index (χ0) is 10.0. The zero-order valence-corrected chi connectivity index (χ0v) is 8.66. The van der Waals surface area contributed by atoms with E-state index in [0.29, 0.717) is 5.41 Å². The molecule has 2 rings (SSSR count). The molecule has 72 valence electrons. The summed E-state index contributed by atoms with van der Waals surface area (Å²) in [4.78, 5) is 0. The quantitative estimate of drug-likeness (QED) is 0.621. The second-order valence-corrected chi connectivity index (χ2v) is 4.36. The maximum absolute atomic E-state index is 3.80. The third-order valence-electron chi connectivity index (χ3n) is 2.87. The Balaban J connectivity index is 2.15. The number of benzene rings is 1. The topological polar surface area (TPSA) is 0 Å². The van der Waals surface area contributed by atoms with E-state index in [1.165, 1.54) is 17.6 Å². The first-order valence-electron chi connectivity index (χ1n) is 5.12. The van der Waals surface area contributed by atoms with Gasteiger partial charge >= 0.3 is 0 Å². The smallest absolute Gasteiger partial charge is 0.00657 e. The van der Waals surface area contributed by atoms with Gasteiger partial charge in [0.1, 0.15) is 0 Å². The molecule has 0 bridgehead atoms. The highest BCUT2D eigenvalue weighted by Crippen LogP contribution is 2.46. The number of hydrogen-bond donors (Lipinski definition) is 0. The van der Waals surface area contributed by atoms with Gasteiger partial charge in [0.25, 0.3) is 0 Å². The first-order valence-corrected chi connectivity index (χ1v) is 5.12. The van der Waals surface area contributed by atoms with Crippen LogP contribution in [-0.4, -0.2) is 0 Å². The summed E-state index contributed by atoms with van der Waals surface area (Å²) in [5.74, 6) is 0. The van der Waals surface area contributed by atoms with Gasteiger partial charge in [-0.15, -0.1) is 6.58 Å². The van der Waals surface area contributed by atoms with Crippen molar-refractivity contribution in [1.29, 1.82) is 0 Å². The van der Waals surface area contributed by atoms with Gasteiger partial charge in [0, 0.05) is 0 Å². The predicted octanol–water partition coefficient (Wildman–Crippen LogP) is 4.06. The Morgan fingerprint density at radius 3 is 2.57 bits per heavy atom. The molecule has 0 aliphatic heterocycles. The van der Waals surface area contributed by atoms with E-state index in [1.54, 1.807) is 0 Å². The molecule has 1 aliphatic carbocycles. The Bertz CT molecular complexity index is 359. The van der Waals surface area contributed by atoms with Crippen molar-refractivity contribution in [3.8, 4) is 0 Å². The maximum Gasteiger partial charge on any atom is -0.00657 e. The Morgan fingerprint density at radius 2 is 2.00 bits per heavy atom. The highest BCUT2D eigenvalue weighted by molar-refractivity contribution is 5.72. The van der Waals surface area contributed by atoms with Crippen LogP contribution in [-0.2, 0) is 0 Å². The van der Waals surface area contributed by atoms with Gasteiger partial charge in [-0.1, -0.05) is 49.4 Å². The molecule has 0 unspecified atom stereocenters. The fourth-order valence-corrected chi connectivity index (χ4v) is 2.13. The molecule has 0 N–H and O–H groups in total. The van der Waals surface area contributed by atoms with E-state index < -0.39 is 0 Å². The van der Waals surface area contributed by atoms with Crippen molar-refractivity contribution in [1.82, 2.24) is 0 Å². The van der Waals surface area contributed by atoms with Crippen molar-refractivity contribution in [2.24, 2.45) is 5.41 Å². The lowest BCUT2D eigenvalue weighted by Gasteiger charge is -2.36. The first-order chi connectivity index (χ1) is 6.73. The zero-order valence-electron chi connectivity index (χ0n) is 8.66. The lowest BCUT2D eigenvalue weighted by atomic mass is 9.68. The van der Waals surface area contributed by atoms with Gasteiger partial charge in [-0.2, -0.15) is 0 Å². The molecule has 0 radical (unpaired) electrons. The Hall–Kier alpha value is -1.30. The van der Waals surface area contributed by atoms with Gasteiger partial charge in [0.2, 0.25) is 0 Å². The van der Waals surface area contributed by atoms with E-state index in [-0.39, 0.29) is 0 Å². The summed E-state index contributed by atoms with van der Waals surface area (Å²) in [7, 11) is 0. The van der Waals surface area contributed by atoms with Crippen LogP contribution in [0.3, 0.4) is 0 Å². The fourth-order valence-electron chi connectivity index (χ4n) is 2.13. The molecule has 1 aliphatic rings. The van der Waals surface area contributed by atoms with Gasteiger partial charge in [0.05, 0.1) is 0 Å². The third-order valence-corrected chi connectivity index (χ3v) is 2.87. The second kappa shape index (κ2) is 3.45. The lowest BCUT2D eigenvalue weighted by Crippen LogP contribution is -2.21. The van der Waals surface area contributed by atoms with E-state index in [9.17, 15) is 0 Å². The summed E-state index contributed by atoms with van der Waals surface area (Å²) in [5.41, 5.74) is 3.22. The van der Waals surface area contributed by atoms with Crippen molar-refractivity contribution in [2.75, 3.05) is 0 Å². The summed E-state index contributed by atoms with van der Waals surface area (Å²) >= 11 is 0. The van der Waals surface area contributed by atoms with Crippen molar-refractivity contribution < 1.29 is 0 Å². The molecule has 0 fully saturated rings. The van der Waals surface area contributed by atoms with E-state index in [2.05, 4.69) is 49.9 Å². The van der Waals surface area contributed by atoms with Crippen LogP contribution < -0.4 is 0 Å². The monoisotopic (exact) mass is 184 g/mol. The van der Waals surface area contributed by atoms with Gasteiger partial charge in [-0.05, 0) is 29.4 Å². The van der Waals surface area contributed by atoms with Gasteiger partial charge in [0.15, 0.2) is 0 Å². The largest absolute Gasteiger partial charge is 0.103 e. The molecule has 14 heavy (non-hydrogen) atoms. The standard InChI is InChI=1S/C14H16/c1-3-9-14(2)10-13(11-14)12-7-5-4-6-8-12/h3-8,10H,1,9,11H2,2H3/t14-/m1/s1. The van der Waals surface area contributed by atoms with Crippen molar-refractivity contribution in [3.63, 3.8) is 0 Å². The number of hydrogen-bond acceptors (Lipinski definition) is 0. The van der Waals surface area contributed by atoms with Crippen LogP contribution in [0, 0.1) is 5.41 Å². The molecule has 0 heterocycles. The van der Waals surface area contributed by atoms with Gasteiger partial charge in [-0.25, -0.2) is 0 Å². The van der Waals surface area contributed by atoms with E-state index in [1.807, 2.05) is 6.08 Å². The van der Waals surface area contributed by atoms with E-state index >= 15 is 0 Å². The normalized spacial score (nSPS) is 25.1. The minimum Gasteiger partial charge on any atom is -0.103 e. The number of allylic oxidation sites excluding steroid dienone is 3. The van der Waals surface area contributed by atoms with Crippen LogP contribution in [0.15, 0.2) is 49.1 Å². The van der Waals surface area contributed by atoms with Gasteiger partial charge in [-0.3, -0.25) is 0 Å². The molecule has 0 saturated carbocycles. The summed E-state index contributed by atoms with van der Waals surface area (Å²) in [6.07, 6.45) is 6.66. The number of rotatable bonds is 3. The molecule has 0 spiro atoms. The summed E-state index contributed by atoms with van der Waals surface area (Å²) < 4.78 is 0. The SMILES string of the molecule is C=CC[C@]1(C)C=C(c2ccccc2)C1. The van der Waals surface area contributed by atoms with E-state index in [4.69, 9.17) is 0 Å². The second-order valence-electron chi connectivity index (χ2n) is 4.36. The molecule has 1 aromatic carbocycles. The van der Waals surface area contributed by atoms with Crippen LogP contribution in [0.25, 0.3) is 5.57 Å². The molecular formula is C14H16. The molecule has 0 heteroatoms. The summed E-state index contributed by atoms with van der Waals surface area (Å²) in [6, 6.07) is 10.6. The predicted molar refractivity (Wildman–Crippen MR) is 62.0 cm³/mol. The van der Waals surface area contributed by atoms with Crippen molar-refractivity contribution in [2.45, 2.75) is 19.8 Å². The Kier molecular flexibility index (Phi) is 2.28. The Morgan fingerprint density at radius 1 is 1.36 bits per heavy atom. The molecule has 0 aromatic heterocycles. The molecule has 0 nitrogen and oxygen atoms in total. The van der Waals surface area contributed by atoms with Crippen LogP contribution in [0.5, 0.6) is 0 Å². The molecule has 0 saturated heterocycles. The summed E-state index contributed by atoms with van der Waals surface area (Å²) in [5, 5.41) is 0. The fraction of sp³-hybridized carbons (Fsp3) is 0.286. The molecule has 0 amide bonds. The van der Waals surface area contributed by atoms with Crippen LogP contribution in [0.4, 0.5) is 0 Å². The minimum atomic E-state index is 0.368.